The Morgan fingerprint density at radius 2 is 2.14 bits per heavy atom. The Morgan fingerprint density at radius 1 is 1.50 bits per heavy atom. The molecule has 0 aromatic carbocycles. The zero-order valence-electron chi connectivity index (χ0n) is 9.29. The van der Waals surface area contributed by atoms with Crippen LogP contribution in [0.2, 0.25) is 0 Å². The summed E-state index contributed by atoms with van der Waals surface area (Å²) in [5.41, 5.74) is -0.227. The van der Waals surface area contributed by atoms with Crippen molar-refractivity contribution >= 4 is 5.97 Å². The average Bonchev–Trinajstić information content (AvgIpc) is 2.12. The molecule has 0 saturated carbocycles. The summed E-state index contributed by atoms with van der Waals surface area (Å²) < 4.78 is 9.88. The van der Waals surface area contributed by atoms with Gasteiger partial charge in [-0.05, 0) is 20.8 Å². The highest BCUT2D eigenvalue weighted by Crippen LogP contribution is 2.06. The second-order valence-electron chi connectivity index (χ2n) is 3.43. The van der Waals surface area contributed by atoms with Gasteiger partial charge in [0.1, 0.15) is 0 Å². The third-order valence-corrected chi connectivity index (χ3v) is 1.60. The first kappa shape index (κ1) is 13.0. The van der Waals surface area contributed by atoms with Crippen molar-refractivity contribution in [3.63, 3.8) is 0 Å². The molecular formula is C10H19NO3. The zero-order valence-corrected chi connectivity index (χ0v) is 9.29. The Kier molecular flexibility index (Phi) is 5.95. The van der Waals surface area contributed by atoms with Gasteiger partial charge in [-0.3, -0.25) is 0 Å². The standard InChI is InChI=1S/C10H19NO3/c1-5-14-10(2,3)8-11-7-6-9(12)13-4/h6-7,11H,5,8H2,1-4H3/b7-6+. The Labute approximate surface area is 85.3 Å². The fraction of sp³-hybridized carbons (Fsp3) is 0.700. The fourth-order valence-electron chi connectivity index (χ4n) is 0.941. The van der Waals surface area contributed by atoms with Crippen LogP contribution in [0.4, 0.5) is 0 Å². The van der Waals surface area contributed by atoms with Crippen molar-refractivity contribution in [1.82, 2.24) is 5.32 Å². The SMILES string of the molecule is CCOC(C)(C)CN/C=C/C(=O)OC. The molecule has 0 aromatic rings. The Balaban J connectivity index is 3.72. The van der Waals surface area contributed by atoms with Gasteiger partial charge in [-0.15, -0.1) is 0 Å². The van der Waals surface area contributed by atoms with Crippen molar-refractivity contribution in [3.8, 4) is 0 Å². The second-order valence-corrected chi connectivity index (χ2v) is 3.43. The maximum Gasteiger partial charge on any atom is 0.331 e. The number of methoxy groups -OCH3 is 1. The zero-order chi connectivity index (χ0) is 11.0. The third-order valence-electron chi connectivity index (χ3n) is 1.60. The van der Waals surface area contributed by atoms with Gasteiger partial charge in [0.25, 0.3) is 0 Å². The topological polar surface area (TPSA) is 47.6 Å². The van der Waals surface area contributed by atoms with E-state index in [4.69, 9.17) is 4.74 Å². The van der Waals surface area contributed by atoms with Crippen molar-refractivity contribution in [2.75, 3.05) is 20.3 Å². The molecule has 0 amide bonds. The highest BCUT2D eigenvalue weighted by molar-refractivity contribution is 5.81. The van der Waals surface area contributed by atoms with E-state index < -0.39 is 0 Å². The molecule has 0 heterocycles. The average molecular weight is 201 g/mol. The number of esters is 1. The quantitative estimate of drug-likeness (QED) is 0.516. The van der Waals surface area contributed by atoms with E-state index in [-0.39, 0.29) is 11.6 Å². The molecule has 0 atom stereocenters. The minimum atomic E-state index is -0.369. The van der Waals surface area contributed by atoms with E-state index in [0.29, 0.717) is 13.2 Å². The lowest BCUT2D eigenvalue weighted by atomic mass is 10.1. The lowest BCUT2D eigenvalue weighted by molar-refractivity contribution is -0.134. The third kappa shape index (κ3) is 6.48. The molecule has 0 bridgehead atoms. The molecule has 82 valence electrons. The van der Waals surface area contributed by atoms with Crippen molar-refractivity contribution in [3.05, 3.63) is 12.3 Å². The lowest BCUT2D eigenvalue weighted by Crippen LogP contribution is -2.35. The fourth-order valence-corrected chi connectivity index (χ4v) is 0.941. The maximum atomic E-state index is 10.7. The number of carbonyl (C=O) groups is 1. The van der Waals surface area contributed by atoms with Gasteiger partial charge in [-0.1, -0.05) is 0 Å². The molecule has 4 heteroatoms. The second kappa shape index (κ2) is 6.43. The molecule has 0 aromatic heterocycles. The summed E-state index contributed by atoms with van der Waals surface area (Å²) in [6.45, 7) is 7.24. The van der Waals surface area contributed by atoms with Crippen LogP contribution in [0.5, 0.6) is 0 Å². The predicted octanol–water partition coefficient (Wildman–Crippen LogP) is 1.08. The first-order chi connectivity index (χ1) is 6.52. The molecule has 0 fully saturated rings. The van der Waals surface area contributed by atoms with Crippen LogP contribution in [0, 0.1) is 0 Å². The number of nitrogens with one attached hydrogen (secondary N) is 1. The molecule has 0 spiro atoms. The first-order valence-electron chi connectivity index (χ1n) is 4.63. The van der Waals surface area contributed by atoms with E-state index in [1.165, 1.54) is 13.2 Å². The normalized spacial score (nSPS) is 11.7. The van der Waals surface area contributed by atoms with Gasteiger partial charge in [-0.2, -0.15) is 0 Å². The smallest absolute Gasteiger partial charge is 0.331 e. The molecule has 0 saturated heterocycles. The maximum absolute atomic E-state index is 10.7. The van der Waals surface area contributed by atoms with Gasteiger partial charge in [-0.25, -0.2) is 4.79 Å². The van der Waals surface area contributed by atoms with Crippen LogP contribution in [0.1, 0.15) is 20.8 Å². The molecule has 0 radical (unpaired) electrons. The molecule has 0 unspecified atom stereocenters. The van der Waals surface area contributed by atoms with Crippen LogP contribution >= 0.6 is 0 Å². The first-order valence-corrected chi connectivity index (χ1v) is 4.63. The highest BCUT2D eigenvalue weighted by Gasteiger charge is 2.15. The Bertz CT molecular complexity index is 200. The molecule has 0 aliphatic carbocycles. The molecule has 1 N–H and O–H groups in total. The predicted molar refractivity (Wildman–Crippen MR) is 54.9 cm³/mol. The summed E-state index contributed by atoms with van der Waals surface area (Å²) in [6, 6.07) is 0. The van der Waals surface area contributed by atoms with E-state index in [1.807, 2.05) is 20.8 Å². The molecule has 14 heavy (non-hydrogen) atoms. The van der Waals surface area contributed by atoms with Crippen LogP contribution in [0.3, 0.4) is 0 Å². The molecule has 0 rings (SSSR count). The number of rotatable bonds is 6. The Morgan fingerprint density at radius 3 is 2.64 bits per heavy atom. The van der Waals surface area contributed by atoms with Gasteiger partial charge in [0.2, 0.25) is 0 Å². The molecular weight excluding hydrogens is 182 g/mol. The minimum absolute atomic E-state index is 0.227. The molecule has 0 aliphatic rings. The van der Waals surface area contributed by atoms with E-state index in [1.54, 1.807) is 6.20 Å². The number of hydrogen-bond donors (Lipinski definition) is 1. The van der Waals surface area contributed by atoms with Gasteiger partial charge < -0.3 is 14.8 Å². The summed E-state index contributed by atoms with van der Waals surface area (Å²) in [7, 11) is 1.34. The van der Waals surface area contributed by atoms with Crippen molar-refractivity contribution in [1.29, 1.82) is 0 Å². The van der Waals surface area contributed by atoms with Gasteiger partial charge in [0.15, 0.2) is 0 Å². The van der Waals surface area contributed by atoms with Crippen LogP contribution in [0.15, 0.2) is 12.3 Å². The number of hydrogen-bond acceptors (Lipinski definition) is 4. The van der Waals surface area contributed by atoms with Crippen LogP contribution in [-0.2, 0) is 14.3 Å². The Hall–Kier alpha value is -1.03. The molecule has 4 nitrogen and oxygen atoms in total. The van der Waals surface area contributed by atoms with E-state index >= 15 is 0 Å². The summed E-state index contributed by atoms with van der Waals surface area (Å²) in [5, 5.41) is 2.97. The number of carbonyl (C=O) groups excluding carboxylic acids is 1. The van der Waals surface area contributed by atoms with E-state index in [9.17, 15) is 4.79 Å². The van der Waals surface area contributed by atoms with E-state index in [2.05, 4.69) is 10.1 Å². The summed E-state index contributed by atoms with van der Waals surface area (Å²) >= 11 is 0. The van der Waals surface area contributed by atoms with Crippen LogP contribution in [0.25, 0.3) is 0 Å². The minimum Gasteiger partial charge on any atom is -0.466 e. The van der Waals surface area contributed by atoms with Crippen molar-refractivity contribution in [2.45, 2.75) is 26.4 Å². The highest BCUT2D eigenvalue weighted by atomic mass is 16.5. The number of ether oxygens (including phenoxy) is 2. The molecule has 0 aliphatic heterocycles. The summed E-state index contributed by atoms with van der Waals surface area (Å²) in [4.78, 5) is 10.7. The van der Waals surface area contributed by atoms with Gasteiger partial charge in [0.05, 0.1) is 12.7 Å². The van der Waals surface area contributed by atoms with Crippen molar-refractivity contribution < 1.29 is 14.3 Å². The van der Waals surface area contributed by atoms with Crippen molar-refractivity contribution in [2.24, 2.45) is 0 Å². The van der Waals surface area contributed by atoms with Gasteiger partial charge in [0, 0.05) is 25.4 Å². The van der Waals surface area contributed by atoms with Gasteiger partial charge >= 0.3 is 5.97 Å². The van der Waals surface area contributed by atoms with Crippen LogP contribution < -0.4 is 5.32 Å². The lowest BCUT2D eigenvalue weighted by Gasteiger charge is -2.24. The summed E-state index contributed by atoms with van der Waals surface area (Å²) in [6.07, 6.45) is 2.90. The summed E-state index contributed by atoms with van der Waals surface area (Å²) in [5.74, 6) is -0.369. The largest absolute Gasteiger partial charge is 0.466 e. The van der Waals surface area contributed by atoms with E-state index in [0.717, 1.165) is 0 Å². The van der Waals surface area contributed by atoms with Crippen LogP contribution in [-0.4, -0.2) is 31.8 Å². The monoisotopic (exact) mass is 201 g/mol.